The van der Waals surface area contributed by atoms with Crippen molar-refractivity contribution in [2.45, 2.75) is 33.2 Å². The van der Waals surface area contributed by atoms with Crippen molar-refractivity contribution in [3.8, 4) is 0 Å². The number of hydrogen-bond acceptors (Lipinski definition) is 4. The van der Waals surface area contributed by atoms with E-state index in [9.17, 15) is 9.59 Å². The normalized spacial score (nSPS) is 10.8. The summed E-state index contributed by atoms with van der Waals surface area (Å²) in [5, 5.41) is 15.4. The van der Waals surface area contributed by atoms with Gasteiger partial charge in [-0.05, 0) is 26.1 Å². The van der Waals surface area contributed by atoms with Crippen molar-refractivity contribution in [3.05, 3.63) is 18.0 Å². The predicted octanol–water partition coefficient (Wildman–Crippen LogP) is 0.819. The molecule has 1 heterocycles. The van der Waals surface area contributed by atoms with Crippen LogP contribution < -0.4 is 5.32 Å². The van der Waals surface area contributed by atoms with Crippen molar-refractivity contribution in [2.75, 3.05) is 26.2 Å². The Morgan fingerprint density at radius 1 is 1.38 bits per heavy atom. The van der Waals surface area contributed by atoms with Gasteiger partial charge in [-0.3, -0.25) is 14.3 Å². The van der Waals surface area contributed by atoms with E-state index < -0.39 is 5.97 Å². The molecule has 2 N–H and O–H groups in total. The van der Waals surface area contributed by atoms with E-state index in [2.05, 4.69) is 29.2 Å². The van der Waals surface area contributed by atoms with E-state index in [1.165, 1.54) is 10.9 Å². The largest absolute Gasteiger partial charge is 0.481 e. The fourth-order valence-corrected chi connectivity index (χ4v) is 1.96. The Kier molecular flexibility index (Phi) is 7.45. The van der Waals surface area contributed by atoms with Gasteiger partial charge in [-0.2, -0.15) is 5.10 Å². The fraction of sp³-hybridized carbons (Fsp3) is 0.643. The van der Waals surface area contributed by atoms with Crippen LogP contribution in [-0.2, 0) is 11.3 Å². The van der Waals surface area contributed by atoms with Crippen molar-refractivity contribution in [1.29, 1.82) is 0 Å². The summed E-state index contributed by atoms with van der Waals surface area (Å²) in [7, 11) is 0. The van der Waals surface area contributed by atoms with Gasteiger partial charge in [-0.25, -0.2) is 0 Å². The zero-order chi connectivity index (χ0) is 15.7. The van der Waals surface area contributed by atoms with Crippen LogP contribution in [0.25, 0.3) is 0 Å². The van der Waals surface area contributed by atoms with E-state index in [0.717, 1.165) is 26.1 Å². The Balaban J connectivity index is 2.30. The maximum Gasteiger partial charge on any atom is 0.305 e. The molecule has 0 bridgehead atoms. The number of amides is 1. The Morgan fingerprint density at radius 3 is 2.71 bits per heavy atom. The average Bonchev–Trinajstić information content (AvgIpc) is 2.94. The molecule has 1 amide bonds. The molecule has 1 aromatic heterocycles. The molecule has 7 heteroatoms. The van der Waals surface area contributed by atoms with Crippen LogP contribution >= 0.6 is 0 Å². The summed E-state index contributed by atoms with van der Waals surface area (Å²) in [5.41, 5.74) is 0.461. The van der Waals surface area contributed by atoms with Gasteiger partial charge in [0.05, 0.1) is 24.7 Å². The van der Waals surface area contributed by atoms with Crippen LogP contribution in [0.4, 0.5) is 0 Å². The quantitative estimate of drug-likeness (QED) is 0.624. The van der Waals surface area contributed by atoms with Crippen LogP contribution in [-0.4, -0.2) is 57.8 Å². The minimum atomic E-state index is -0.882. The highest BCUT2D eigenvalue weighted by molar-refractivity contribution is 5.93. The number of hydrogen-bond donors (Lipinski definition) is 2. The lowest BCUT2D eigenvalue weighted by atomic mass is 10.3. The Morgan fingerprint density at radius 2 is 2.10 bits per heavy atom. The molecular formula is C14H24N4O3. The first-order valence-corrected chi connectivity index (χ1v) is 7.31. The maximum atomic E-state index is 11.9. The Labute approximate surface area is 124 Å². The van der Waals surface area contributed by atoms with E-state index in [-0.39, 0.29) is 18.9 Å². The molecule has 1 rings (SSSR count). The summed E-state index contributed by atoms with van der Waals surface area (Å²) in [5.74, 6) is -1.05. The first-order chi connectivity index (χ1) is 10.1. The molecule has 0 saturated carbocycles. The standard InChI is InChI=1S/C14H24N4O3/c1-3-17(4-2)8-5-7-15-14(21)12-10-16-18(11-12)9-6-13(19)20/h10-11H,3-9H2,1-2H3,(H,15,21)(H,19,20). The van der Waals surface area contributed by atoms with Crippen LogP contribution in [0.15, 0.2) is 12.4 Å². The molecule has 0 unspecified atom stereocenters. The SMILES string of the molecule is CCN(CC)CCCNC(=O)c1cnn(CCC(=O)O)c1. The maximum absolute atomic E-state index is 11.9. The van der Waals surface area contributed by atoms with E-state index in [1.807, 2.05) is 0 Å². The number of nitrogens with zero attached hydrogens (tertiary/aromatic N) is 3. The van der Waals surface area contributed by atoms with Gasteiger partial charge in [0.1, 0.15) is 0 Å². The molecule has 0 spiro atoms. The first-order valence-electron chi connectivity index (χ1n) is 7.31. The number of aryl methyl sites for hydroxylation is 1. The number of rotatable bonds is 10. The lowest BCUT2D eigenvalue weighted by Crippen LogP contribution is -2.29. The second-order valence-electron chi connectivity index (χ2n) is 4.77. The summed E-state index contributed by atoms with van der Waals surface area (Å²) in [4.78, 5) is 24.7. The van der Waals surface area contributed by atoms with Gasteiger partial charge in [0.15, 0.2) is 0 Å². The van der Waals surface area contributed by atoms with Crippen molar-refractivity contribution < 1.29 is 14.7 Å². The molecule has 21 heavy (non-hydrogen) atoms. The third-order valence-corrected chi connectivity index (χ3v) is 3.28. The molecule has 0 aliphatic carbocycles. The summed E-state index contributed by atoms with van der Waals surface area (Å²) in [6, 6.07) is 0. The third-order valence-electron chi connectivity index (χ3n) is 3.28. The summed E-state index contributed by atoms with van der Waals surface area (Å²) in [6.07, 6.45) is 3.93. The predicted molar refractivity (Wildman–Crippen MR) is 79.2 cm³/mol. The molecule has 1 aromatic rings. The Bertz CT molecular complexity index is 455. The van der Waals surface area contributed by atoms with Gasteiger partial charge in [0.25, 0.3) is 5.91 Å². The first kappa shape index (κ1) is 17.2. The monoisotopic (exact) mass is 296 g/mol. The number of nitrogens with one attached hydrogen (secondary N) is 1. The highest BCUT2D eigenvalue weighted by Crippen LogP contribution is 1.99. The lowest BCUT2D eigenvalue weighted by Gasteiger charge is -2.17. The molecule has 0 fully saturated rings. The van der Waals surface area contributed by atoms with Crippen molar-refractivity contribution in [3.63, 3.8) is 0 Å². The zero-order valence-electron chi connectivity index (χ0n) is 12.7. The molecule has 0 aliphatic heterocycles. The minimum Gasteiger partial charge on any atom is -0.481 e. The van der Waals surface area contributed by atoms with E-state index >= 15 is 0 Å². The van der Waals surface area contributed by atoms with Gasteiger partial charge in [-0.15, -0.1) is 0 Å². The van der Waals surface area contributed by atoms with Gasteiger partial charge in [-0.1, -0.05) is 13.8 Å². The topological polar surface area (TPSA) is 87.5 Å². The minimum absolute atomic E-state index is 0.00733. The average molecular weight is 296 g/mol. The molecule has 0 radical (unpaired) electrons. The van der Waals surface area contributed by atoms with Gasteiger partial charge < -0.3 is 15.3 Å². The van der Waals surface area contributed by atoms with E-state index in [4.69, 9.17) is 5.11 Å². The van der Waals surface area contributed by atoms with Crippen LogP contribution in [0.5, 0.6) is 0 Å². The Hall–Kier alpha value is -1.89. The number of carboxylic acids is 1. The van der Waals surface area contributed by atoms with Crippen LogP contribution in [0.3, 0.4) is 0 Å². The summed E-state index contributed by atoms with van der Waals surface area (Å²) < 4.78 is 1.47. The number of carbonyl (C=O) groups excluding carboxylic acids is 1. The lowest BCUT2D eigenvalue weighted by molar-refractivity contribution is -0.137. The van der Waals surface area contributed by atoms with Crippen LogP contribution in [0, 0.1) is 0 Å². The highest BCUT2D eigenvalue weighted by atomic mass is 16.4. The highest BCUT2D eigenvalue weighted by Gasteiger charge is 2.09. The number of carbonyl (C=O) groups is 2. The zero-order valence-corrected chi connectivity index (χ0v) is 12.7. The molecular weight excluding hydrogens is 272 g/mol. The van der Waals surface area contributed by atoms with Gasteiger partial charge in [0.2, 0.25) is 0 Å². The molecule has 0 saturated heterocycles. The van der Waals surface area contributed by atoms with E-state index in [1.54, 1.807) is 6.20 Å². The van der Waals surface area contributed by atoms with Crippen molar-refractivity contribution in [1.82, 2.24) is 20.0 Å². The number of aromatic nitrogens is 2. The van der Waals surface area contributed by atoms with Crippen molar-refractivity contribution in [2.24, 2.45) is 0 Å². The number of aliphatic carboxylic acids is 1. The van der Waals surface area contributed by atoms with Crippen LogP contribution in [0.2, 0.25) is 0 Å². The van der Waals surface area contributed by atoms with Crippen molar-refractivity contribution >= 4 is 11.9 Å². The summed E-state index contributed by atoms with van der Waals surface area (Å²) in [6.45, 7) is 8.12. The van der Waals surface area contributed by atoms with Crippen LogP contribution in [0.1, 0.15) is 37.0 Å². The van der Waals surface area contributed by atoms with Gasteiger partial charge in [0, 0.05) is 12.7 Å². The molecule has 7 nitrogen and oxygen atoms in total. The summed E-state index contributed by atoms with van der Waals surface area (Å²) >= 11 is 0. The smallest absolute Gasteiger partial charge is 0.305 e. The molecule has 0 aliphatic rings. The molecule has 0 aromatic carbocycles. The third kappa shape index (κ3) is 6.40. The number of carboxylic acid groups (broad SMARTS) is 1. The van der Waals surface area contributed by atoms with E-state index in [0.29, 0.717) is 12.1 Å². The second-order valence-corrected chi connectivity index (χ2v) is 4.77. The molecule has 0 atom stereocenters. The fourth-order valence-electron chi connectivity index (χ4n) is 1.96. The second kappa shape index (κ2) is 9.12. The van der Waals surface area contributed by atoms with Gasteiger partial charge >= 0.3 is 5.97 Å². The molecule has 118 valence electrons.